The number of carbonyl (C=O) groups excluding carboxylic acids is 1. The van der Waals surface area contributed by atoms with E-state index in [1.165, 1.54) is 37.1 Å². The SMILES string of the molecule is Cc1ccccc1[C@H](C)NC(=O)N1CC[C@@H](N2CCCC2)C1. The molecule has 2 amide bonds. The summed E-state index contributed by atoms with van der Waals surface area (Å²) in [4.78, 5) is 17.0. The Hall–Kier alpha value is -1.55. The Balaban J connectivity index is 1.55. The highest BCUT2D eigenvalue weighted by molar-refractivity contribution is 5.75. The standard InChI is InChI=1S/C18H27N3O/c1-14-7-3-4-8-17(14)15(2)19-18(22)21-12-9-16(13-21)20-10-5-6-11-20/h3-4,7-8,15-16H,5-6,9-13H2,1-2H3,(H,19,22)/t15-,16+/m0/s1. The molecular weight excluding hydrogens is 274 g/mol. The van der Waals surface area contributed by atoms with Gasteiger partial charge in [0.15, 0.2) is 0 Å². The van der Waals surface area contributed by atoms with E-state index in [9.17, 15) is 4.79 Å². The van der Waals surface area contributed by atoms with Gasteiger partial charge in [-0.2, -0.15) is 0 Å². The zero-order chi connectivity index (χ0) is 15.5. The van der Waals surface area contributed by atoms with Crippen LogP contribution in [0, 0.1) is 6.92 Å². The molecule has 1 aromatic carbocycles. The maximum atomic E-state index is 12.5. The Morgan fingerprint density at radius 3 is 2.68 bits per heavy atom. The van der Waals surface area contributed by atoms with Gasteiger partial charge in [-0.15, -0.1) is 0 Å². The number of nitrogens with one attached hydrogen (secondary N) is 1. The van der Waals surface area contributed by atoms with Gasteiger partial charge < -0.3 is 10.2 Å². The summed E-state index contributed by atoms with van der Waals surface area (Å²) in [6.07, 6.45) is 3.74. The lowest BCUT2D eigenvalue weighted by Crippen LogP contribution is -2.42. The summed E-state index contributed by atoms with van der Waals surface area (Å²) in [5.74, 6) is 0. The van der Waals surface area contributed by atoms with E-state index in [1.807, 2.05) is 17.0 Å². The van der Waals surface area contributed by atoms with Crippen molar-refractivity contribution < 1.29 is 4.79 Å². The number of benzene rings is 1. The smallest absolute Gasteiger partial charge is 0.317 e. The van der Waals surface area contributed by atoms with Crippen molar-refractivity contribution in [3.63, 3.8) is 0 Å². The highest BCUT2D eigenvalue weighted by Crippen LogP contribution is 2.22. The van der Waals surface area contributed by atoms with Gasteiger partial charge in [-0.05, 0) is 57.3 Å². The molecule has 22 heavy (non-hydrogen) atoms. The molecule has 2 aliphatic heterocycles. The maximum Gasteiger partial charge on any atom is 0.317 e. The topological polar surface area (TPSA) is 35.6 Å². The quantitative estimate of drug-likeness (QED) is 0.931. The maximum absolute atomic E-state index is 12.5. The number of aryl methyl sites for hydroxylation is 1. The molecule has 3 rings (SSSR count). The van der Waals surface area contributed by atoms with Gasteiger partial charge in [0.2, 0.25) is 0 Å². The van der Waals surface area contributed by atoms with Gasteiger partial charge in [-0.25, -0.2) is 4.79 Å². The Morgan fingerprint density at radius 2 is 1.95 bits per heavy atom. The Morgan fingerprint density at radius 1 is 1.23 bits per heavy atom. The number of hydrogen-bond donors (Lipinski definition) is 1. The molecule has 0 spiro atoms. The van der Waals surface area contributed by atoms with Crippen molar-refractivity contribution in [2.75, 3.05) is 26.2 Å². The molecule has 2 heterocycles. The van der Waals surface area contributed by atoms with Crippen LogP contribution in [0.1, 0.15) is 43.4 Å². The monoisotopic (exact) mass is 301 g/mol. The fourth-order valence-electron chi connectivity index (χ4n) is 3.76. The molecule has 2 saturated heterocycles. The number of urea groups is 1. The van der Waals surface area contributed by atoms with E-state index in [0.717, 1.165) is 19.5 Å². The molecule has 0 saturated carbocycles. The van der Waals surface area contributed by atoms with Gasteiger partial charge in [-0.3, -0.25) is 4.90 Å². The normalized spacial score (nSPS) is 23.7. The fourth-order valence-corrected chi connectivity index (χ4v) is 3.76. The molecule has 4 nitrogen and oxygen atoms in total. The molecule has 4 heteroatoms. The minimum Gasteiger partial charge on any atom is -0.331 e. The second kappa shape index (κ2) is 6.69. The van der Waals surface area contributed by atoms with Gasteiger partial charge in [0.25, 0.3) is 0 Å². The summed E-state index contributed by atoms with van der Waals surface area (Å²) in [5, 5.41) is 3.16. The Labute approximate surface area is 133 Å². The van der Waals surface area contributed by atoms with Gasteiger partial charge >= 0.3 is 6.03 Å². The molecular formula is C18H27N3O. The van der Waals surface area contributed by atoms with E-state index in [-0.39, 0.29) is 12.1 Å². The van der Waals surface area contributed by atoms with Crippen molar-refractivity contribution in [3.05, 3.63) is 35.4 Å². The third-order valence-corrected chi connectivity index (χ3v) is 5.10. The van der Waals surface area contributed by atoms with Crippen LogP contribution in [0.2, 0.25) is 0 Å². The van der Waals surface area contributed by atoms with Gasteiger partial charge in [-0.1, -0.05) is 24.3 Å². The number of amides is 2. The molecule has 2 aliphatic rings. The lowest BCUT2D eigenvalue weighted by Gasteiger charge is -2.25. The number of likely N-dealkylation sites (tertiary alicyclic amines) is 2. The minimum atomic E-state index is 0.0551. The molecule has 0 radical (unpaired) electrons. The predicted molar refractivity (Wildman–Crippen MR) is 88.9 cm³/mol. The first-order chi connectivity index (χ1) is 10.6. The van der Waals surface area contributed by atoms with E-state index in [1.54, 1.807) is 0 Å². The first kappa shape index (κ1) is 15.3. The summed E-state index contributed by atoms with van der Waals surface area (Å²) < 4.78 is 0. The second-order valence-corrected chi connectivity index (χ2v) is 6.66. The van der Waals surface area contributed by atoms with Crippen molar-refractivity contribution in [1.82, 2.24) is 15.1 Å². The van der Waals surface area contributed by atoms with Crippen molar-refractivity contribution in [1.29, 1.82) is 0 Å². The summed E-state index contributed by atoms with van der Waals surface area (Å²) in [5.41, 5.74) is 2.43. The molecule has 2 atom stereocenters. The zero-order valence-corrected chi connectivity index (χ0v) is 13.7. The van der Waals surface area contributed by atoms with Crippen LogP contribution in [0.3, 0.4) is 0 Å². The molecule has 0 unspecified atom stereocenters. The van der Waals surface area contributed by atoms with Gasteiger partial charge in [0.05, 0.1) is 6.04 Å². The first-order valence-corrected chi connectivity index (χ1v) is 8.50. The van der Waals surface area contributed by atoms with E-state index in [0.29, 0.717) is 6.04 Å². The first-order valence-electron chi connectivity index (χ1n) is 8.50. The Bertz CT molecular complexity index is 525. The number of nitrogens with zero attached hydrogens (tertiary/aromatic N) is 2. The average Bonchev–Trinajstić information content (AvgIpc) is 3.18. The Kier molecular flexibility index (Phi) is 4.67. The van der Waals surface area contributed by atoms with Gasteiger partial charge in [0.1, 0.15) is 0 Å². The molecule has 0 aliphatic carbocycles. The lowest BCUT2D eigenvalue weighted by atomic mass is 10.0. The summed E-state index contributed by atoms with van der Waals surface area (Å²) >= 11 is 0. The molecule has 2 fully saturated rings. The van der Waals surface area contributed by atoms with Crippen LogP contribution < -0.4 is 5.32 Å². The molecule has 120 valence electrons. The van der Waals surface area contributed by atoms with Crippen LogP contribution >= 0.6 is 0 Å². The van der Waals surface area contributed by atoms with Crippen LogP contribution in [0.4, 0.5) is 4.79 Å². The number of hydrogen-bond acceptors (Lipinski definition) is 2. The van der Waals surface area contributed by atoms with E-state index in [2.05, 4.69) is 36.2 Å². The highest BCUT2D eigenvalue weighted by atomic mass is 16.2. The third kappa shape index (κ3) is 3.27. The number of carbonyl (C=O) groups is 1. The van der Waals surface area contributed by atoms with Crippen LogP contribution in [-0.4, -0.2) is 48.1 Å². The van der Waals surface area contributed by atoms with Gasteiger partial charge in [0, 0.05) is 19.1 Å². The molecule has 0 aromatic heterocycles. The van der Waals surface area contributed by atoms with Crippen LogP contribution in [0.15, 0.2) is 24.3 Å². The van der Waals surface area contributed by atoms with E-state index in [4.69, 9.17) is 0 Å². The highest BCUT2D eigenvalue weighted by Gasteiger charge is 2.31. The minimum absolute atomic E-state index is 0.0551. The average molecular weight is 301 g/mol. The predicted octanol–water partition coefficient (Wildman–Crippen LogP) is 2.94. The van der Waals surface area contributed by atoms with Crippen LogP contribution in [0.5, 0.6) is 0 Å². The molecule has 1 N–H and O–H groups in total. The van der Waals surface area contributed by atoms with Crippen molar-refractivity contribution in [2.24, 2.45) is 0 Å². The van der Waals surface area contributed by atoms with Crippen LogP contribution in [0.25, 0.3) is 0 Å². The van der Waals surface area contributed by atoms with Crippen molar-refractivity contribution in [3.8, 4) is 0 Å². The molecule has 1 aromatic rings. The second-order valence-electron chi connectivity index (χ2n) is 6.66. The van der Waals surface area contributed by atoms with Crippen molar-refractivity contribution >= 4 is 6.03 Å². The van der Waals surface area contributed by atoms with Crippen LogP contribution in [-0.2, 0) is 0 Å². The molecule has 0 bridgehead atoms. The van der Waals surface area contributed by atoms with E-state index < -0.39 is 0 Å². The summed E-state index contributed by atoms with van der Waals surface area (Å²) in [7, 11) is 0. The zero-order valence-electron chi connectivity index (χ0n) is 13.7. The third-order valence-electron chi connectivity index (χ3n) is 5.10. The van der Waals surface area contributed by atoms with E-state index >= 15 is 0 Å². The number of rotatable bonds is 3. The summed E-state index contributed by atoms with van der Waals surface area (Å²) in [6.45, 7) is 8.34. The fraction of sp³-hybridized carbons (Fsp3) is 0.611. The lowest BCUT2D eigenvalue weighted by molar-refractivity contribution is 0.196. The largest absolute Gasteiger partial charge is 0.331 e. The summed E-state index contributed by atoms with van der Waals surface area (Å²) in [6, 6.07) is 8.96. The van der Waals surface area contributed by atoms with Crippen molar-refractivity contribution in [2.45, 2.75) is 45.2 Å².